The van der Waals surface area contributed by atoms with Gasteiger partial charge in [0, 0.05) is 16.3 Å². The van der Waals surface area contributed by atoms with Crippen molar-refractivity contribution in [3.8, 4) is 22.8 Å². The van der Waals surface area contributed by atoms with Gasteiger partial charge >= 0.3 is 5.97 Å². The number of carboxylic acids is 1. The fourth-order valence-electron chi connectivity index (χ4n) is 3.29. The third-order valence-corrected chi connectivity index (χ3v) is 6.22. The van der Waals surface area contributed by atoms with E-state index >= 15 is 0 Å². The molecule has 0 bridgehead atoms. The number of hydrazone groups is 1. The van der Waals surface area contributed by atoms with Gasteiger partial charge in [0.2, 0.25) is 0 Å². The van der Waals surface area contributed by atoms with Gasteiger partial charge in [-0.05, 0) is 73.2 Å². The monoisotopic (exact) mass is 535 g/mol. The van der Waals surface area contributed by atoms with Crippen LogP contribution in [0.5, 0.6) is 5.75 Å². The average molecular weight is 536 g/mol. The number of thioether (sulfide) groups is 1. The van der Waals surface area contributed by atoms with Crippen LogP contribution in [0.15, 0.2) is 83.1 Å². The number of nitrogens with zero attached hydrogens (tertiary/aromatic N) is 4. The van der Waals surface area contributed by atoms with Crippen LogP contribution in [0.4, 0.5) is 0 Å². The van der Waals surface area contributed by atoms with Crippen molar-refractivity contribution in [2.24, 2.45) is 5.10 Å². The predicted octanol–water partition coefficient (Wildman–Crippen LogP) is 4.93. The van der Waals surface area contributed by atoms with E-state index in [0.29, 0.717) is 28.2 Å². The standard InChI is InChI=1S/C26H22ClN5O4S/c1-2-36-22-13-11-21(12-14-22)32-24(18-7-9-20(27)10-8-18)30-31-26(32)37-16-23(33)29-28-15-17-3-5-19(6-4-17)25(34)35/h3-15H,2,16H2,1H3,(H,29,33)(H,34,35). The summed E-state index contributed by atoms with van der Waals surface area (Å²) in [7, 11) is 0. The van der Waals surface area contributed by atoms with Crippen LogP contribution in [0.1, 0.15) is 22.8 Å². The van der Waals surface area contributed by atoms with Crippen LogP contribution < -0.4 is 10.2 Å². The Morgan fingerprint density at radius 3 is 2.41 bits per heavy atom. The lowest BCUT2D eigenvalue weighted by molar-refractivity contribution is -0.118. The van der Waals surface area contributed by atoms with Gasteiger partial charge in [-0.1, -0.05) is 35.5 Å². The number of aromatic nitrogens is 3. The van der Waals surface area contributed by atoms with Crippen molar-refractivity contribution in [3.05, 3.63) is 88.9 Å². The summed E-state index contributed by atoms with van der Waals surface area (Å²) in [6, 6.07) is 20.9. The molecule has 0 aliphatic heterocycles. The van der Waals surface area contributed by atoms with Crippen LogP contribution in [0.2, 0.25) is 5.02 Å². The smallest absolute Gasteiger partial charge is 0.335 e. The van der Waals surface area contributed by atoms with E-state index in [2.05, 4.69) is 20.7 Å². The molecule has 188 valence electrons. The van der Waals surface area contributed by atoms with Crippen LogP contribution in [-0.2, 0) is 4.79 Å². The Balaban J connectivity index is 1.48. The maximum atomic E-state index is 12.4. The Bertz CT molecular complexity index is 1400. The molecule has 0 saturated heterocycles. The van der Waals surface area contributed by atoms with Crippen LogP contribution in [0.25, 0.3) is 17.1 Å². The highest BCUT2D eigenvalue weighted by atomic mass is 35.5. The quantitative estimate of drug-likeness (QED) is 0.168. The molecule has 0 saturated carbocycles. The molecule has 37 heavy (non-hydrogen) atoms. The van der Waals surface area contributed by atoms with Crippen LogP contribution in [0, 0.1) is 0 Å². The molecule has 1 aromatic heterocycles. The van der Waals surface area contributed by atoms with Crippen molar-refractivity contribution in [1.29, 1.82) is 0 Å². The minimum absolute atomic E-state index is 0.0467. The van der Waals surface area contributed by atoms with E-state index in [0.717, 1.165) is 17.0 Å². The zero-order valence-electron chi connectivity index (χ0n) is 19.7. The van der Waals surface area contributed by atoms with Gasteiger partial charge in [0.25, 0.3) is 5.91 Å². The molecule has 3 aromatic carbocycles. The maximum Gasteiger partial charge on any atom is 0.335 e. The summed E-state index contributed by atoms with van der Waals surface area (Å²) >= 11 is 7.27. The van der Waals surface area contributed by atoms with Gasteiger partial charge in [-0.25, -0.2) is 10.2 Å². The van der Waals surface area contributed by atoms with Crippen LogP contribution in [-0.4, -0.2) is 50.3 Å². The molecule has 0 spiro atoms. The highest BCUT2D eigenvalue weighted by molar-refractivity contribution is 7.99. The maximum absolute atomic E-state index is 12.4. The topological polar surface area (TPSA) is 119 Å². The van der Waals surface area contributed by atoms with Crippen molar-refractivity contribution in [2.75, 3.05) is 12.4 Å². The number of amides is 1. The number of nitrogens with one attached hydrogen (secondary N) is 1. The van der Waals surface area contributed by atoms with Crippen molar-refractivity contribution >= 4 is 41.5 Å². The summed E-state index contributed by atoms with van der Waals surface area (Å²) in [4.78, 5) is 23.4. The number of carbonyl (C=O) groups excluding carboxylic acids is 1. The van der Waals surface area contributed by atoms with E-state index in [1.54, 1.807) is 24.3 Å². The lowest BCUT2D eigenvalue weighted by atomic mass is 10.1. The Morgan fingerprint density at radius 2 is 1.76 bits per heavy atom. The predicted molar refractivity (Wildman–Crippen MR) is 143 cm³/mol. The van der Waals surface area contributed by atoms with E-state index in [-0.39, 0.29) is 17.2 Å². The number of hydrogen-bond donors (Lipinski definition) is 2. The minimum atomic E-state index is -1.01. The molecule has 0 radical (unpaired) electrons. The van der Waals surface area contributed by atoms with Gasteiger partial charge in [-0.3, -0.25) is 9.36 Å². The van der Waals surface area contributed by atoms with E-state index in [9.17, 15) is 9.59 Å². The SMILES string of the molecule is CCOc1ccc(-n2c(SCC(=O)NN=Cc3ccc(C(=O)O)cc3)nnc2-c2ccc(Cl)cc2)cc1. The van der Waals surface area contributed by atoms with Gasteiger partial charge in [0.05, 0.1) is 24.1 Å². The van der Waals surface area contributed by atoms with Crippen molar-refractivity contribution in [1.82, 2.24) is 20.2 Å². The second kappa shape index (κ2) is 12.2. The average Bonchev–Trinajstić information content (AvgIpc) is 3.33. The molecule has 1 heterocycles. The fourth-order valence-corrected chi connectivity index (χ4v) is 4.16. The zero-order chi connectivity index (χ0) is 26.2. The number of benzene rings is 3. The number of halogens is 1. The molecule has 2 N–H and O–H groups in total. The third kappa shape index (κ3) is 6.75. The molecule has 0 atom stereocenters. The summed E-state index contributed by atoms with van der Waals surface area (Å²) in [6.07, 6.45) is 1.44. The first-order valence-electron chi connectivity index (χ1n) is 11.2. The van der Waals surface area contributed by atoms with E-state index in [1.165, 1.54) is 30.1 Å². The van der Waals surface area contributed by atoms with E-state index < -0.39 is 5.97 Å². The first-order chi connectivity index (χ1) is 17.9. The summed E-state index contributed by atoms with van der Waals surface area (Å²) in [6.45, 7) is 2.49. The Morgan fingerprint density at radius 1 is 1.05 bits per heavy atom. The molecule has 0 aliphatic rings. The second-order valence-electron chi connectivity index (χ2n) is 7.58. The lowest BCUT2D eigenvalue weighted by Gasteiger charge is -2.11. The number of aromatic carboxylic acids is 1. The van der Waals surface area contributed by atoms with Gasteiger partial charge in [-0.15, -0.1) is 10.2 Å². The number of carbonyl (C=O) groups is 2. The molecular formula is C26H22ClN5O4S. The molecule has 1 amide bonds. The van der Waals surface area contributed by atoms with Crippen molar-refractivity contribution in [3.63, 3.8) is 0 Å². The van der Waals surface area contributed by atoms with Gasteiger partial charge in [-0.2, -0.15) is 5.10 Å². The summed E-state index contributed by atoms with van der Waals surface area (Å²) in [5.41, 5.74) is 4.93. The number of hydrogen-bond acceptors (Lipinski definition) is 7. The van der Waals surface area contributed by atoms with E-state index in [4.69, 9.17) is 21.4 Å². The van der Waals surface area contributed by atoms with Crippen LogP contribution >= 0.6 is 23.4 Å². The summed E-state index contributed by atoms with van der Waals surface area (Å²) < 4.78 is 7.41. The molecular weight excluding hydrogens is 514 g/mol. The van der Waals surface area contributed by atoms with Gasteiger partial charge < -0.3 is 9.84 Å². The summed E-state index contributed by atoms with van der Waals surface area (Å²) in [5, 5.41) is 22.7. The largest absolute Gasteiger partial charge is 0.494 e. The van der Waals surface area contributed by atoms with Gasteiger partial charge in [0.1, 0.15) is 5.75 Å². The van der Waals surface area contributed by atoms with E-state index in [1.807, 2.05) is 47.9 Å². The van der Waals surface area contributed by atoms with Crippen molar-refractivity contribution < 1.29 is 19.4 Å². The minimum Gasteiger partial charge on any atom is -0.494 e. The Hall–Kier alpha value is -4.15. The third-order valence-electron chi connectivity index (χ3n) is 5.03. The zero-order valence-corrected chi connectivity index (χ0v) is 21.2. The molecule has 9 nitrogen and oxygen atoms in total. The number of rotatable bonds is 10. The second-order valence-corrected chi connectivity index (χ2v) is 8.96. The first kappa shape index (κ1) is 25.9. The first-order valence-corrected chi connectivity index (χ1v) is 12.5. The number of ether oxygens (including phenoxy) is 1. The van der Waals surface area contributed by atoms with Gasteiger partial charge in [0.15, 0.2) is 11.0 Å². The molecule has 11 heteroatoms. The Labute approximate surface area is 222 Å². The molecule has 0 fully saturated rings. The normalized spacial score (nSPS) is 11.0. The van der Waals surface area contributed by atoms with Crippen molar-refractivity contribution in [2.45, 2.75) is 12.1 Å². The van der Waals surface area contributed by atoms with Crippen LogP contribution in [0.3, 0.4) is 0 Å². The number of carboxylic acid groups (broad SMARTS) is 1. The summed E-state index contributed by atoms with van der Waals surface area (Å²) in [5.74, 6) is 0.0530. The highest BCUT2D eigenvalue weighted by Gasteiger charge is 2.17. The molecule has 0 unspecified atom stereocenters. The molecule has 4 aromatic rings. The molecule has 4 rings (SSSR count). The fraction of sp³-hybridized carbons (Fsp3) is 0.115. The Kier molecular flexibility index (Phi) is 8.55. The highest BCUT2D eigenvalue weighted by Crippen LogP contribution is 2.29. The lowest BCUT2D eigenvalue weighted by Crippen LogP contribution is -2.20. The molecule has 0 aliphatic carbocycles.